The van der Waals surface area contributed by atoms with Gasteiger partial charge in [-0.25, -0.2) is 4.39 Å². The van der Waals surface area contributed by atoms with E-state index in [0.717, 1.165) is 0 Å². The van der Waals surface area contributed by atoms with Gasteiger partial charge in [-0.05, 0) is 6.07 Å². The Labute approximate surface area is 77.2 Å². The average Bonchev–Trinajstić information content (AvgIpc) is 2.17. The standard InChI is InChI=1S/C8H11BFN2O/c1-9-5-3-7(11-2)8(12-13)4-6(5)10/h3-4,11-13H,1-2H3. The van der Waals surface area contributed by atoms with Gasteiger partial charge in [-0.1, -0.05) is 12.3 Å². The molecule has 1 radical (unpaired) electrons. The Morgan fingerprint density at radius 2 is 2.08 bits per heavy atom. The molecule has 0 saturated carbocycles. The van der Waals surface area contributed by atoms with Crippen molar-refractivity contribution in [1.82, 2.24) is 0 Å². The summed E-state index contributed by atoms with van der Waals surface area (Å²) in [7, 11) is 3.37. The second-order valence-electron chi connectivity index (χ2n) is 2.57. The highest BCUT2D eigenvalue weighted by Gasteiger charge is 2.06. The number of anilines is 2. The molecule has 0 fully saturated rings. The lowest BCUT2D eigenvalue weighted by Crippen LogP contribution is -2.17. The zero-order valence-electron chi connectivity index (χ0n) is 7.56. The van der Waals surface area contributed by atoms with E-state index in [1.54, 1.807) is 27.2 Å². The molecule has 0 unspecified atom stereocenters. The van der Waals surface area contributed by atoms with Crippen LogP contribution in [-0.4, -0.2) is 19.5 Å². The van der Waals surface area contributed by atoms with Crippen molar-refractivity contribution in [2.75, 3.05) is 17.8 Å². The predicted octanol–water partition coefficient (Wildman–Crippen LogP) is 1.05. The van der Waals surface area contributed by atoms with Gasteiger partial charge in [-0.3, -0.25) is 10.7 Å². The molecule has 1 rings (SSSR count). The summed E-state index contributed by atoms with van der Waals surface area (Å²) in [5, 5.41) is 11.5. The van der Waals surface area contributed by atoms with Crippen molar-refractivity contribution in [3.63, 3.8) is 0 Å². The van der Waals surface area contributed by atoms with E-state index in [9.17, 15) is 4.39 Å². The van der Waals surface area contributed by atoms with Crippen LogP contribution in [0, 0.1) is 5.82 Å². The maximum absolute atomic E-state index is 13.1. The van der Waals surface area contributed by atoms with Crippen LogP contribution in [0.25, 0.3) is 0 Å². The van der Waals surface area contributed by atoms with Crippen LogP contribution in [0.1, 0.15) is 0 Å². The van der Waals surface area contributed by atoms with Crippen LogP contribution in [0.5, 0.6) is 0 Å². The van der Waals surface area contributed by atoms with E-state index in [1.165, 1.54) is 6.07 Å². The quantitative estimate of drug-likeness (QED) is 0.482. The third-order valence-corrected chi connectivity index (χ3v) is 1.84. The molecule has 1 aromatic carbocycles. The predicted molar refractivity (Wildman–Crippen MR) is 52.6 cm³/mol. The van der Waals surface area contributed by atoms with Gasteiger partial charge in [-0.15, -0.1) is 0 Å². The van der Waals surface area contributed by atoms with Gasteiger partial charge in [0, 0.05) is 13.1 Å². The van der Waals surface area contributed by atoms with Crippen LogP contribution >= 0.6 is 0 Å². The Morgan fingerprint density at radius 1 is 1.38 bits per heavy atom. The molecule has 0 heterocycles. The summed E-state index contributed by atoms with van der Waals surface area (Å²) in [6.45, 7) is 1.75. The van der Waals surface area contributed by atoms with E-state index >= 15 is 0 Å². The molecule has 0 saturated heterocycles. The molecule has 3 nitrogen and oxygen atoms in total. The highest BCUT2D eigenvalue weighted by molar-refractivity contribution is 6.52. The van der Waals surface area contributed by atoms with Crippen LogP contribution < -0.4 is 16.3 Å². The summed E-state index contributed by atoms with van der Waals surface area (Å²) in [5.41, 5.74) is 3.40. The van der Waals surface area contributed by atoms with E-state index < -0.39 is 0 Å². The van der Waals surface area contributed by atoms with Gasteiger partial charge in [0.25, 0.3) is 0 Å². The lowest BCUT2D eigenvalue weighted by molar-refractivity contribution is 0.389. The van der Waals surface area contributed by atoms with Gasteiger partial charge in [0.1, 0.15) is 5.82 Å². The highest BCUT2D eigenvalue weighted by atomic mass is 19.1. The Balaban J connectivity index is 3.18. The second-order valence-corrected chi connectivity index (χ2v) is 2.57. The third kappa shape index (κ3) is 1.92. The van der Waals surface area contributed by atoms with Gasteiger partial charge in [0.2, 0.25) is 0 Å². The fourth-order valence-electron chi connectivity index (χ4n) is 1.11. The molecule has 0 bridgehead atoms. The number of nitrogens with one attached hydrogen (secondary N) is 2. The Hall–Kier alpha value is -1.23. The van der Waals surface area contributed by atoms with E-state index in [4.69, 9.17) is 5.21 Å². The largest absolute Gasteiger partial charge is 0.386 e. The second kappa shape index (κ2) is 4.14. The molecule has 0 aliphatic heterocycles. The Kier molecular flexibility index (Phi) is 3.14. The van der Waals surface area contributed by atoms with Gasteiger partial charge in [0.15, 0.2) is 7.28 Å². The van der Waals surface area contributed by atoms with Crippen LogP contribution in [0.2, 0.25) is 6.82 Å². The minimum Gasteiger partial charge on any atom is -0.386 e. The number of hydrogen-bond acceptors (Lipinski definition) is 3. The van der Waals surface area contributed by atoms with Gasteiger partial charge >= 0.3 is 0 Å². The molecular weight excluding hydrogens is 170 g/mol. The monoisotopic (exact) mass is 181 g/mol. The van der Waals surface area contributed by atoms with Crippen molar-refractivity contribution in [3.8, 4) is 0 Å². The molecule has 69 valence electrons. The summed E-state index contributed by atoms with van der Waals surface area (Å²) in [6.07, 6.45) is 0. The van der Waals surface area contributed by atoms with Crippen LogP contribution in [0.15, 0.2) is 12.1 Å². The lowest BCUT2D eigenvalue weighted by Gasteiger charge is -2.10. The summed E-state index contributed by atoms with van der Waals surface area (Å²) < 4.78 is 13.1. The molecule has 0 spiro atoms. The molecule has 13 heavy (non-hydrogen) atoms. The van der Waals surface area contributed by atoms with Gasteiger partial charge in [-0.2, -0.15) is 0 Å². The van der Waals surface area contributed by atoms with Crippen LogP contribution in [0.4, 0.5) is 15.8 Å². The maximum Gasteiger partial charge on any atom is 0.152 e. The zero-order chi connectivity index (χ0) is 9.84. The molecule has 5 heteroatoms. The Morgan fingerprint density at radius 3 is 2.54 bits per heavy atom. The first kappa shape index (κ1) is 9.86. The van der Waals surface area contributed by atoms with Gasteiger partial charge < -0.3 is 5.32 Å². The van der Waals surface area contributed by atoms with Crippen molar-refractivity contribution in [3.05, 3.63) is 17.9 Å². The topological polar surface area (TPSA) is 44.3 Å². The van der Waals surface area contributed by atoms with E-state index in [0.29, 0.717) is 16.8 Å². The van der Waals surface area contributed by atoms with Crippen molar-refractivity contribution < 1.29 is 9.60 Å². The first-order valence-electron chi connectivity index (χ1n) is 3.93. The smallest absolute Gasteiger partial charge is 0.152 e. The summed E-state index contributed by atoms with van der Waals surface area (Å²) in [5.74, 6) is -0.363. The first-order chi connectivity index (χ1) is 6.22. The van der Waals surface area contributed by atoms with Crippen molar-refractivity contribution in [2.24, 2.45) is 0 Å². The molecule has 0 atom stereocenters. The highest BCUT2D eigenvalue weighted by Crippen LogP contribution is 2.19. The average molecular weight is 181 g/mol. The number of halogens is 1. The van der Waals surface area contributed by atoms with Crippen molar-refractivity contribution in [2.45, 2.75) is 6.82 Å². The molecule has 0 aliphatic carbocycles. The van der Waals surface area contributed by atoms with E-state index in [-0.39, 0.29) is 5.82 Å². The summed E-state index contributed by atoms with van der Waals surface area (Å²) in [4.78, 5) is 0. The lowest BCUT2D eigenvalue weighted by atomic mass is 9.73. The normalized spacial score (nSPS) is 9.54. The van der Waals surface area contributed by atoms with E-state index in [1.807, 2.05) is 5.48 Å². The third-order valence-electron chi connectivity index (χ3n) is 1.84. The number of rotatable bonds is 3. The van der Waals surface area contributed by atoms with E-state index in [2.05, 4.69) is 5.32 Å². The zero-order valence-corrected chi connectivity index (χ0v) is 7.56. The molecule has 0 amide bonds. The summed E-state index contributed by atoms with van der Waals surface area (Å²) in [6, 6.07) is 2.86. The number of hydrogen-bond donors (Lipinski definition) is 3. The fourth-order valence-corrected chi connectivity index (χ4v) is 1.11. The molecule has 1 aromatic rings. The fraction of sp³-hybridized carbons (Fsp3) is 0.250. The minimum atomic E-state index is -0.363. The first-order valence-corrected chi connectivity index (χ1v) is 3.93. The van der Waals surface area contributed by atoms with Crippen LogP contribution in [0.3, 0.4) is 0 Å². The van der Waals surface area contributed by atoms with Gasteiger partial charge in [0.05, 0.1) is 11.4 Å². The van der Waals surface area contributed by atoms with Crippen molar-refractivity contribution >= 4 is 24.1 Å². The molecular formula is C8H11BFN2O. The SMILES string of the molecule is C[B]c1cc(NC)c(NO)cc1F. The van der Waals surface area contributed by atoms with Crippen LogP contribution in [-0.2, 0) is 0 Å². The Bertz CT molecular complexity index is 306. The number of benzene rings is 1. The molecule has 0 aromatic heterocycles. The summed E-state index contributed by atoms with van der Waals surface area (Å²) >= 11 is 0. The molecule has 0 aliphatic rings. The molecule has 3 N–H and O–H groups in total. The van der Waals surface area contributed by atoms with Crippen molar-refractivity contribution in [1.29, 1.82) is 0 Å². The maximum atomic E-state index is 13.1. The minimum absolute atomic E-state index is 0.325.